The quantitative estimate of drug-likeness (QED) is 0.648. The standard InChI is InChI=1S/C19H27ClFN3O2/c1-18(2,3)19(25,12-24-14-22-13-23-24)9-5-4-6-10-26-17-8-7-15(20)11-16(17)21/h7-8,11,13-14,25H,4-6,9-10,12H2,1-3H3. The fourth-order valence-corrected chi connectivity index (χ4v) is 2.90. The number of rotatable bonds is 9. The van der Waals surface area contributed by atoms with E-state index in [4.69, 9.17) is 16.3 Å². The van der Waals surface area contributed by atoms with Crippen LogP contribution in [0.25, 0.3) is 0 Å². The van der Waals surface area contributed by atoms with Crippen LogP contribution >= 0.6 is 11.6 Å². The van der Waals surface area contributed by atoms with Gasteiger partial charge in [0.05, 0.1) is 18.8 Å². The molecular formula is C19H27ClFN3O2. The van der Waals surface area contributed by atoms with Gasteiger partial charge in [-0.2, -0.15) is 5.10 Å². The number of unbranched alkanes of at least 4 members (excludes halogenated alkanes) is 2. The van der Waals surface area contributed by atoms with Gasteiger partial charge in [-0.25, -0.2) is 9.37 Å². The molecule has 0 bridgehead atoms. The second kappa shape index (κ2) is 8.82. The summed E-state index contributed by atoms with van der Waals surface area (Å²) in [6.45, 7) is 6.90. The SMILES string of the molecule is CC(C)(C)C(O)(CCCCCOc1ccc(Cl)cc1F)Cn1cncn1. The van der Waals surface area contributed by atoms with Crippen LogP contribution in [0, 0.1) is 11.2 Å². The van der Waals surface area contributed by atoms with Gasteiger partial charge >= 0.3 is 0 Å². The summed E-state index contributed by atoms with van der Waals surface area (Å²) in [4.78, 5) is 3.94. The van der Waals surface area contributed by atoms with E-state index in [1.165, 1.54) is 18.5 Å². The first-order valence-electron chi connectivity index (χ1n) is 8.84. The van der Waals surface area contributed by atoms with E-state index in [2.05, 4.69) is 10.1 Å². The van der Waals surface area contributed by atoms with Gasteiger partial charge in [-0.3, -0.25) is 4.68 Å². The van der Waals surface area contributed by atoms with Crippen molar-refractivity contribution < 1.29 is 14.2 Å². The van der Waals surface area contributed by atoms with E-state index in [-0.39, 0.29) is 11.2 Å². The number of nitrogens with zero attached hydrogens (tertiary/aromatic N) is 3. The Kier molecular flexibility index (Phi) is 7.01. The highest BCUT2D eigenvalue weighted by molar-refractivity contribution is 6.30. The molecule has 0 radical (unpaired) electrons. The highest BCUT2D eigenvalue weighted by atomic mass is 35.5. The lowest BCUT2D eigenvalue weighted by Crippen LogP contribution is -2.46. The van der Waals surface area contributed by atoms with Gasteiger partial charge in [0.1, 0.15) is 12.7 Å². The summed E-state index contributed by atoms with van der Waals surface area (Å²) < 4.78 is 20.8. The van der Waals surface area contributed by atoms with Crippen LogP contribution in [-0.2, 0) is 6.54 Å². The number of halogens is 2. The van der Waals surface area contributed by atoms with Gasteiger partial charge in [-0.15, -0.1) is 0 Å². The van der Waals surface area contributed by atoms with E-state index in [0.29, 0.717) is 24.6 Å². The Labute approximate surface area is 159 Å². The number of hydrogen-bond donors (Lipinski definition) is 1. The van der Waals surface area contributed by atoms with Crippen LogP contribution in [0.2, 0.25) is 5.02 Å². The van der Waals surface area contributed by atoms with E-state index < -0.39 is 11.4 Å². The third-order valence-electron chi connectivity index (χ3n) is 4.67. The average Bonchev–Trinajstić information content (AvgIpc) is 3.04. The molecule has 0 spiro atoms. The third-order valence-corrected chi connectivity index (χ3v) is 4.91. The maximum absolute atomic E-state index is 13.6. The molecular weight excluding hydrogens is 357 g/mol. The maximum Gasteiger partial charge on any atom is 0.166 e. The molecule has 0 aliphatic heterocycles. The van der Waals surface area contributed by atoms with Gasteiger partial charge < -0.3 is 9.84 Å². The number of hydrogen-bond acceptors (Lipinski definition) is 4. The highest BCUT2D eigenvalue weighted by Gasteiger charge is 2.40. The Hall–Kier alpha value is -1.66. The molecule has 2 rings (SSSR count). The fourth-order valence-electron chi connectivity index (χ4n) is 2.74. The maximum atomic E-state index is 13.6. The summed E-state index contributed by atoms with van der Waals surface area (Å²) >= 11 is 5.72. The second-order valence-electron chi connectivity index (χ2n) is 7.61. The van der Waals surface area contributed by atoms with Crippen LogP contribution < -0.4 is 4.74 Å². The first kappa shape index (κ1) is 20.6. The molecule has 1 aromatic carbocycles. The van der Waals surface area contributed by atoms with Gasteiger partial charge in [-0.1, -0.05) is 38.8 Å². The molecule has 0 saturated carbocycles. The molecule has 1 unspecified atom stereocenters. The van der Waals surface area contributed by atoms with Crippen LogP contribution in [0.15, 0.2) is 30.9 Å². The molecule has 0 fully saturated rings. The zero-order valence-electron chi connectivity index (χ0n) is 15.6. The monoisotopic (exact) mass is 383 g/mol. The lowest BCUT2D eigenvalue weighted by molar-refractivity contribution is -0.0815. The summed E-state index contributed by atoms with van der Waals surface area (Å²) in [6.07, 6.45) is 6.23. The van der Waals surface area contributed by atoms with Gasteiger partial charge in [0.2, 0.25) is 0 Å². The number of ether oxygens (including phenoxy) is 1. The lowest BCUT2D eigenvalue weighted by atomic mass is 9.73. The molecule has 0 aliphatic rings. The summed E-state index contributed by atoms with van der Waals surface area (Å²) in [7, 11) is 0. The molecule has 0 amide bonds. The fraction of sp³-hybridized carbons (Fsp3) is 0.579. The van der Waals surface area contributed by atoms with Crippen molar-refractivity contribution in [3.8, 4) is 5.75 Å². The number of aliphatic hydroxyl groups is 1. The average molecular weight is 384 g/mol. The zero-order chi connectivity index (χ0) is 19.2. The van der Waals surface area contributed by atoms with Crippen molar-refractivity contribution in [3.05, 3.63) is 41.7 Å². The lowest BCUT2D eigenvalue weighted by Gasteiger charge is -2.40. The van der Waals surface area contributed by atoms with Crippen molar-refractivity contribution in [2.45, 2.75) is 58.6 Å². The van der Waals surface area contributed by atoms with Gasteiger partial charge in [0.25, 0.3) is 0 Å². The Morgan fingerprint density at radius 1 is 1.23 bits per heavy atom. The number of benzene rings is 1. The minimum absolute atomic E-state index is 0.215. The van der Waals surface area contributed by atoms with Crippen molar-refractivity contribution >= 4 is 11.6 Å². The van der Waals surface area contributed by atoms with Gasteiger partial charge in [0.15, 0.2) is 11.6 Å². The molecule has 5 nitrogen and oxygen atoms in total. The van der Waals surface area contributed by atoms with Crippen molar-refractivity contribution in [1.29, 1.82) is 0 Å². The Bertz CT molecular complexity index is 689. The summed E-state index contributed by atoms with van der Waals surface area (Å²) in [5, 5.41) is 15.6. The van der Waals surface area contributed by atoms with Crippen molar-refractivity contribution in [3.63, 3.8) is 0 Å². The van der Waals surface area contributed by atoms with Crippen molar-refractivity contribution in [2.24, 2.45) is 5.41 Å². The smallest absolute Gasteiger partial charge is 0.166 e. The van der Waals surface area contributed by atoms with Crippen molar-refractivity contribution in [1.82, 2.24) is 14.8 Å². The minimum atomic E-state index is -0.885. The van der Waals surface area contributed by atoms with Crippen molar-refractivity contribution in [2.75, 3.05) is 6.61 Å². The third kappa shape index (κ3) is 5.68. The Morgan fingerprint density at radius 3 is 2.62 bits per heavy atom. The topological polar surface area (TPSA) is 60.2 Å². The first-order valence-corrected chi connectivity index (χ1v) is 9.22. The van der Waals surface area contributed by atoms with E-state index >= 15 is 0 Å². The predicted octanol–water partition coefficient (Wildman–Crippen LogP) is 4.49. The highest BCUT2D eigenvalue weighted by Crippen LogP contribution is 2.36. The molecule has 0 aliphatic carbocycles. The minimum Gasteiger partial charge on any atom is -0.491 e. The van der Waals surface area contributed by atoms with Crippen LogP contribution in [0.1, 0.15) is 46.5 Å². The summed E-state index contributed by atoms with van der Waals surface area (Å²) in [6, 6.07) is 4.38. The second-order valence-corrected chi connectivity index (χ2v) is 8.04. The largest absolute Gasteiger partial charge is 0.491 e. The normalized spacial score (nSPS) is 14.2. The van der Waals surface area contributed by atoms with E-state index in [1.807, 2.05) is 20.8 Å². The van der Waals surface area contributed by atoms with Crippen LogP contribution in [0.5, 0.6) is 5.75 Å². The zero-order valence-corrected chi connectivity index (χ0v) is 16.3. The molecule has 1 atom stereocenters. The molecule has 7 heteroatoms. The summed E-state index contributed by atoms with van der Waals surface area (Å²) in [5.74, 6) is -0.237. The van der Waals surface area contributed by atoms with Gasteiger partial charge in [-0.05, 0) is 42.9 Å². The number of aromatic nitrogens is 3. The molecule has 2 aromatic rings. The van der Waals surface area contributed by atoms with Crippen LogP contribution in [-0.4, -0.2) is 32.1 Å². The van der Waals surface area contributed by atoms with E-state index in [0.717, 1.165) is 19.3 Å². The van der Waals surface area contributed by atoms with Crippen LogP contribution in [0.3, 0.4) is 0 Å². The molecule has 144 valence electrons. The Morgan fingerprint density at radius 2 is 2.00 bits per heavy atom. The molecule has 26 heavy (non-hydrogen) atoms. The predicted molar refractivity (Wildman–Crippen MR) is 99.8 cm³/mol. The van der Waals surface area contributed by atoms with E-state index in [9.17, 15) is 9.50 Å². The molecule has 0 saturated heterocycles. The molecule has 1 N–H and O–H groups in total. The summed E-state index contributed by atoms with van der Waals surface area (Å²) in [5.41, 5.74) is -1.17. The van der Waals surface area contributed by atoms with E-state index in [1.54, 1.807) is 17.1 Å². The van der Waals surface area contributed by atoms with Gasteiger partial charge in [0, 0.05) is 5.02 Å². The first-order chi connectivity index (χ1) is 12.2. The Balaban J connectivity index is 1.77. The molecule has 1 heterocycles. The van der Waals surface area contributed by atoms with Crippen LogP contribution in [0.4, 0.5) is 4.39 Å². The molecule has 1 aromatic heterocycles.